The molecule has 1 heterocycles. The van der Waals surface area contributed by atoms with Gasteiger partial charge in [0.05, 0.1) is 0 Å². The highest BCUT2D eigenvalue weighted by molar-refractivity contribution is 6.24. The Bertz CT molecular complexity index is 2440. The van der Waals surface area contributed by atoms with E-state index >= 15 is 0 Å². The zero-order chi connectivity index (χ0) is 28.3. The van der Waals surface area contributed by atoms with Gasteiger partial charge in [-0.2, -0.15) is 0 Å². The SMILES string of the molecule is c1ccc(-c2ccc3cc(-c4c5ccccc5c(-c5cccc6c5oc5ccccc56)c5ccccc45)ccc3c2)cc1. The second kappa shape index (κ2) is 9.44. The van der Waals surface area contributed by atoms with Gasteiger partial charge < -0.3 is 4.42 Å². The maximum absolute atomic E-state index is 6.54. The summed E-state index contributed by atoms with van der Waals surface area (Å²) in [6.45, 7) is 0. The maximum Gasteiger partial charge on any atom is 0.143 e. The molecule has 1 heteroatoms. The van der Waals surface area contributed by atoms with E-state index in [1.807, 2.05) is 6.07 Å². The van der Waals surface area contributed by atoms with Crippen LogP contribution in [0.1, 0.15) is 0 Å². The largest absolute Gasteiger partial charge is 0.455 e. The Morgan fingerprint density at radius 3 is 1.56 bits per heavy atom. The van der Waals surface area contributed by atoms with Crippen LogP contribution < -0.4 is 0 Å². The summed E-state index contributed by atoms with van der Waals surface area (Å²) in [6, 6.07) is 56.8. The van der Waals surface area contributed by atoms with Crippen molar-refractivity contribution >= 4 is 54.3 Å². The van der Waals surface area contributed by atoms with Gasteiger partial charge in [0.15, 0.2) is 0 Å². The molecule has 200 valence electrons. The predicted molar refractivity (Wildman–Crippen MR) is 183 cm³/mol. The molecule has 0 unspecified atom stereocenters. The van der Waals surface area contributed by atoms with Crippen LogP contribution in [0.4, 0.5) is 0 Å². The average molecular weight is 547 g/mol. The van der Waals surface area contributed by atoms with Crippen LogP contribution in [0.25, 0.3) is 87.6 Å². The third kappa shape index (κ3) is 3.72. The van der Waals surface area contributed by atoms with Gasteiger partial charge in [-0.1, -0.05) is 140 Å². The van der Waals surface area contributed by atoms with Crippen LogP contribution in [0.3, 0.4) is 0 Å². The fourth-order valence-corrected chi connectivity index (χ4v) is 6.89. The van der Waals surface area contributed by atoms with Crippen LogP contribution in [0.5, 0.6) is 0 Å². The van der Waals surface area contributed by atoms with Gasteiger partial charge in [-0.05, 0) is 72.8 Å². The topological polar surface area (TPSA) is 13.1 Å². The minimum Gasteiger partial charge on any atom is -0.455 e. The van der Waals surface area contributed by atoms with Crippen LogP contribution in [-0.4, -0.2) is 0 Å². The lowest BCUT2D eigenvalue weighted by Crippen LogP contribution is -1.91. The summed E-state index contributed by atoms with van der Waals surface area (Å²) in [7, 11) is 0. The molecule has 0 amide bonds. The molecule has 0 spiro atoms. The number of hydrogen-bond donors (Lipinski definition) is 0. The first kappa shape index (κ1) is 24.0. The molecule has 0 aliphatic heterocycles. The van der Waals surface area contributed by atoms with Gasteiger partial charge in [0, 0.05) is 21.9 Å². The monoisotopic (exact) mass is 546 g/mol. The van der Waals surface area contributed by atoms with Crippen molar-refractivity contribution in [3.8, 4) is 33.4 Å². The quantitative estimate of drug-likeness (QED) is 0.201. The summed E-state index contributed by atoms with van der Waals surface area (Å²) < 4.78 is 6.54. The molecular formula is C42H26O. The minimum atomic E-state index is 0.918. The average Bonchev–Trinajstić information content (AvgIpc) is 3.46. The fourth-order valence-electron chi connectivity index (χ4n) is 6.89. The molecule has 0 bridgehead atoms. The number of benzene rings is 8. The molecule has 0 N–H and O–H groups in total. The molecule has 9 rings (SSSR count). The first-order valence-electron chi connectivity index (χ1n) is 14.8. The molecule has 8 aromatic carbocycles. The number of fused-ring (bicyclic) bond motifs is 6. The summed E-state index contributed by atoms with van der Waals surface area (Å²) in [4.78, 5) is 0. The maximum atomic E-state index is 6.54. The highest BCUT2D eigenvalue weighted by atomic mass is 16.3. The molecule has 0 saturated heterocycles. The second-order valence-corrected chi connectivity index (χ2v) is 11.3. The van der Waals surface area contributed by atoms with E-state index in [1.54, 1.807) is 0 Å². The highest BCUT2D eigenvalue weighted by Crippen LogP contribution is 2.46. The molecule has 0 atom stereocenters. The van der Waals surface area contributed by atoms with Crippen LogP contribution in [-0.2, 0) is 0 Å². The van der Waals surface area contributed by atoms with Gasteiger partial charge in [0.2, 0.25) is 0 Å². The van der Waals surface area contributed by atoms with E-state index in [4.69, 9.17) is 4.42 Å². The van der Waals surface area contributed by atoms with Gasteiger partial charge in [-0.3, -0.25) is 0 Å². The third-order valence-electron chi connectivity index (χ3n) is 8.84. The van der Waals surface area contributed by atoms with E-state index < -0.39 is 0 Å². The van der Waals surface area contributed by atoms with Gasteiger partial charge >= 0.3 is 0 Å². The Morgan fingerprint density at radius 1 is 0.326 bits per heavy atom. The Labute approximate surface area is 249 Å². The van der Waals surface area contributed by atoms with Crippen molar-refractivity contribution < 1.29 is 4.42 Å². The predicted octanol–water partition coefficient (Wildman–Crippen LogP) is 12.0. The zero-order valence-electron chi connectivity index (χ0n) is 23.4. The van der Waals surface area contributed by atoms with Gasteiger partial charge in [-0.25, -0.2) is 0 Å². The Morgan fingerprint density at radius 2 is 0.860 bits per heavy atom. The molecule has 43 heavy (non-hydrogen) atoms. The van der Waals surface area contributed by atoms with Crippen molar-refractivity contribution in [2.24, 2.45) is 0 Å². The number of hydrogen-bond acceptors (Lipinski definition) is 1. The van der Waals surface area contributed by atoms with E-state index in [0.717, 1.165) is 27.5 Å². The molecule has 0 aliphatic rings. The molecule has 1 aromatic heterocycles. The van der Waals surface area contributed by atoms with Crippen molar-refractivity contribution in [1.82, 2.24) is 0 Å². The molecule has 0 saturated carbocycles. The molecule has 0 fully saturated rings. The van der Waals surface area contributed by atoms with Gasteiger partial charge in [0.25, 0.3) is 0 Å². The highest BCUT2D eigenvalue weighted by Gasteiger charge is 2.20. The first-order valence-corrected chi connectivity index (χ1v) is 14.8. The molecule has 9 aromatic rings. The van der Waals surface area contributed by atoms with Crippen molar-refractivity contribution in [3.05, 3.63) is 158 Å². The van der Waals surface area contributed by atoms with Crippen molar-refractivity contribution in [2.45, 2.75) is 0 Å². The molecule has 0 aliphatic carbocycles. The summed E-state index contributed by atoms with van der Waals surface area (Å²) in [6.07, 6.45) is 0. The minimum absolute atomic E-state index is 0.918. The summed E-state index contributed by atoms with van der Waals surface area (Å²) in [5.41, 5.74) is 9.16. The summed E-state index contributed by atoms with van der Waals surface area (Å²) >= 11 is 0. The zero-order valence-corrected chi connectivity index (χ0v) is 23.4. The van der Waals surface area contributed by atoms with E-state index in [1.165, 1.54) is 60.1 Å². The smallest absolute Gasteiger partial charge is 0.143 e. The Balaban J connectivity index is 1.32. The number of furan rings is 1. The Kier molecular flexibility index (Phi) is 5.27. The van der Waals surface area contributed by atoms with Crippen molar-refractivity contribution in [3.63, 3.8) is 0 Å². The number of rotatable bonds is 3. The normalized spacial score (nSPS) is 11.7. The Hall–Kier alpha value is -5.66. The van der Waals surface area contributed by atoms with Crippen LogP contribution in [0, 0.1) is 0 Å². The van der Waals surface area contributed by atoms with Crippen LogP contribution >= 0.6 is 0 Å². The molecular weight excluding hydrogens is 520 g/mol. The van der Waals surface area contributed by atoms with E-state index in [0.29, 0.717) is 0 Å². The molecule has 1 nitrogen and oxygen atoms in total. The lowest BCUT2D eigenvalue weighted by molar-refractivity contribution is 0.670. The summed E-state index contributed by atoms with van der Waals surface area (Å²) in [5.74, 6) is 0. The first-order chi connectivity index (χ1) is 21.3. The van der Waals surface area contributed by atoms with Crippen LogP contribution in [0.15, 0.2) is 162 Å². The lowest BCUT2D eigenvalue weighted by atomic mass is 9.85. The van der Waals surface area contributed by atoms with Gasteiger partial charge in [-0.15, -0.1) is 0 Å². The van der Waals surface area contributed by atoms with E-state index in [-0.39, 0.29) is 0 Å². The third-order valence-corrected chi connectivity index (χ3v) is 8.84. The number of para-hydroxylation sites is 2. The fraction of sp³-hybridized carbons (Fsp3) is 0. The summed E-state index contributed by atoms with van der Waals surface area (Å²) in [5, 5.41) is 9.71. The van der Waals surface area contributed by atoms with Gasteiger partial charge in [0.1, 0.15) is 11.2 Å². The van der Waals surface area contributed by atoms with Crippen LogP contribution in [0.2, 0.25) is 0 Å². The van der Waals surface area contributed by atoms with E-state index in [9.17, 15) is 0 Å². The standard InChI is InChI=1S/C42H26O/c1-2-11-27(12-3-1)28-21-22-30-26-31(24-23-29(30)25-28)40-33-14-4-6-16-35(33)41(36-17-7-5-15-34(36)40)38-19-10-18-37-32-13-8-9-20-39(32)43-42(37)38/h1-26H. The van der Waals surface area contributed by atoms with Crippen molar-refractivity contribution in [2.75, 3.05) is 0 Å². The molecule has 0 radical (unpaired) electrons. The van der Waals surface area contributed by atoms with E-state index in [2.05, 4.69) is 152 Å². The lowest BCUT2D eigenvalue weighted by Gasteiger charge is -2.18. The second-order valence-electron chi connectivity index (χ2n) is 11.3. The van der Waals surface area contributed by atoms with Crippen molar-refractivity contribution in [1.29, 1.82) is 0 Å².